The average Bonchev–Trinajstić information content (AvgIpc) is 2.92. The molecule has 0 aliphatic carbocycles. The quantitative estimate of drug-likeness (QED) is 0.327. The summed E-state index contributed by atoms with van der Waals surface area (Å²) in [4.78, 5) is 24.8. The number of carbonyl (C=O) groups is 1. The predicted molar refractivity (Wildman–Crippen MR) is 147 cm³/mol. The summed E-state index contributed by atoms with van der Waals surface area (Å²) in [6, 6.07) is 20.2. The molecular formula is C30H33N5O. The maximum absolute atomic E-state index is 13.5. The van der Waals surface area contributed by atoms with E-state index in [-0.39, 0.29) is 5.78 Å². The zero-order chi connectivity index (χ0) is 24.9. The predicted octanol–water partition coefficient (Wildman–Crippen LogP) is 5.45. The van der Waals surface area contributed by atoms with Gasteiger partial charge in [0.25, 0.3) is 0 Å². The molecule has 1 aliphatic heterocycles. The molecule has 0 amide bonds. The van der Waals surface area contributed by atoms with E-state index in [0.29, 0.717) is 36.0 Å². The first-order valence-electron chi connectivity index (χ1n) is 12.7. The van der Waals surface area contributed by atoms with Gasteiger partial charge in [-0.15, -0.1) is 0 Å². The number of carbonyl (C=O) groups excluding carboxylic acids is 1. The van der Waals surface area contributed by atoms with Gasteiger partial charge in [0, 0.05) is 36.3 Å². The number of rotatable bonds is 8. The number of ketones is 1. The number of fused-ring (bicyclic) bond motifs is 1. The number of piperidine rings is 1. The second-order valence-electron chi connectivity index (χ2n) is 9.79. The normalized spacial score (nSPS) is 14.7. The summed E-state index contributed by atoms with van der Waals surface area (Å²) >= 11 is 0. The van der Waals surface area contributed by atoms with Crippen molar-refractivity contribution in [3.05, 3.63) is 84.2 Å². The molecule has 2 aromatic heterocycles. The number of benzene rings is 2. The van der Waals surface area contributed by atoms with E-state index in [1.54, 1.807) is 6.20 Å². The van der Waals surface area contributed by atoms with Crippen molar-refractivity contribution in [1.29, 1.82) is 0 Å². The van der Waals surface area contributed by atoms with Gasteiger partial charge in [-0.05, 0) is 74.0 Å². The second-order valence-corrected chi connectivity index (χ2v) is 9.79. The third-order valence-electron chi connectivity index (χ3n) is 7.19. The van der Waals surface area contributed by atoms with Crippen molar-refractivity contribution in [2.24, 2.45) is 5.92 Å². The van der Waals surface area contributed by atoms with Gasteiger partial charge in [-0.25, -0.2) is 9.97 Å². The Morgan fingerprint density at radius 3 is 2.64 bits per heavy atom. The molecular weight excluding hydrogens is 446 g/mol. The van der Waals surface area contributed by atoms with Gasteiger partial charge >= 0.3 is 0 Å². The molecule has 0 saturated carbocycles. The summed E-state index contributed by atoms with van der Waals surface area (Å²) in [5, 5.41) is 5.49. The molecule has 5 rings (SSSR count). The molecule has 1 aliphatic rings. The lowest BCUT2D eigenvalue weighted by Gasteiger charge is -2.29. The van der Waals surface area contributed by atoms with E-state index in [1.807, 2.05) is 60.8 Å². The highest BCUT2D eigenvalue weighted by Gasteiger charge is 2.19. The first kappa shape index (κ1) is 23.9. The molecule has 1 fully saturated rings. The van der Waals surface area contributed by atoms with Crippen LogP contribution in [0.3, 0.4) is 0 Å². The number of nitrogens with zero attached hydrogens (tertiary/aromatic N) is 3. The van der Waals surface area contributed by atoms with Gasteiger partial charge in [-0.3, -0.25) is 4.79 Å². The lowest BCUT2D eigenvalue weighted by Crippen LogP contribution is -2.33. The average molecular weight is 480 g/mol. The first-order chi connectivity index (χ1) is 17.6. The van der Waals surface area contributed by atoms with Gasteiger partial charge in [0.05, 0.1) is 5.56 Å². The van der Waals surface area contributed by atoms with Crippen LogP contribution in [-0.4, -0.2) is 47.3 Å². The molecule has 2 aromatic carbocycles. The van der Waals surface area contributed by atoms with Crippen LogP contribution in [0.25, 0.3) is 21.9 Å². The van der Waals surface area contributed by atoms with Crippen LogP contribution >= 0.6 is 0 Å². The van der Waals surface area contributed by atoms with Gasteiger partial charge < -0.3 is 16.0 Å². The van der Waals surface area contributed by atoms with Gasteiger partial charge in [0.1, 0.15) is 11.6 Å². The fourth-order valence-electron chi connectivity index (χ4n) is 4.91. The van der Waals surface area contributed by atoms with E-state index in [0.717, 1.165) is 59.9 Å². The number of nitrogens with one attached hydrogen (secondary N) is 1. The molecule has 1 saturated heterocycles. The zero-order valence-electron chi connectivity index (χ0n) is 20.8. The summed E-state index contributed by atoms with van der Waals surface area (Å²) in [5.41, 5.74) is 9.78. The topological polar surface area (TPSA) is 84.1 Å². The highest BCUT2D eigenvalue weighted by molar-refractivity contribution is 6.01. The van der Waals surface area contributed by atoms with Crippen LogP contribution in [0, 0.1) is 5.92 Å². The third-order valence-corrected chi connectivity index (χ3v) is 7.19. The molecule has 0 atom stereocenters. The number of pyridine rings is 2. The SMILES string of the molecule is CN1CCC(CNc2ncc(-c3ccccc3)cc2C(=O)CCc2ccc3c(N)nccc3c2)CC1. The van der Waals surface area contributed by atoms with Crippen LogP contribution in [0.5, 0.6) is 0 Å². The van der Waals surface area contributed by atoms with E-state index in [4.69, 9.17) is 10.7 Å². The molecule has 0 unspecified atom stereocenters. The van der Waals surface area contributed by atoms with Crippen molar-refractivity contribution in [2.75, 3.05) is 37.7 Å². The lowest BCUT2D eigenvalue weighted by molar-refractivity contribution is 0.0983. The molecule has 4 aromatic rings. The molecule has 6 nitrogen and oxygen atoms in total. The van der Waals surface area contributed by atoms with Crippen molar-refractivity contribution in [3.63, 3.8) is 0 Å². The number of nitrogen functional groups attached to an aromatic ring is 1. The molecule has 184 valence electrons. The highest BCUT2D eigenvalue weighted by Crippen LogP contribution is 2.26. The van der Waals surface area contributed by atoms with Gasteiger partial charge in [0.15, 0.2) is 5.78 Å². The fourth-order valence-corrected chi connectivity index (χ4v) is 4.91. The Hall–Kier alpha value is -3.77. The minimum absolute atomic E-state index is 0.0977. The molecule has 0 radical (unpaired) electrons. The van der Waals surface area contributed by atoms with Crippen LogP contribution in [0.15, 0.2) is 73.1 Å². The number of anilines is 2. The summed E-state index contributed by atoms with van der Waals surface area (Å²) in [5.74, 6) is 1.91. The first-order valence-corrected chi connectivity index (χ1v) is 12.7. The Morgan fingerprint density at radius 1 is 1.03 bits per heavy atom. The molecule has 0 bridgehead atoms. The van der Waals surface area contributed by atoms with E-state index in [2.05, 4.69) is 28.3 Å². The zero-order valence-corrected chi connectivity index (χ0v) is 20.8. The van der Waals surface area contributed by atoms with E-state index in [1.165, 1.54) is 0 Å². The summed E-state index contributed by atoms with van der Waals surface area (Å²) < 4.78 is 0. The monoisotopic (exact) mass is 479 g/mol. The number of hydrogen-bond donors (Lipinski definition) is 2. The number of likely N-dealkylation sites (tertiary alicyclic amines) is 1. The van der Waals surface area contributed by atoms with Crippen molar-refractivity contribution in [3.8, 4) is 11.1 Å². The number of aryl methyl sites for hydroxylation is 1. The lowest BCUT2D eigenvalue weighted by atomic mass is 9.96. The Morgan fingerprint density at radius 2 is 1.83 bits per heavy atom. The van der Waals surface area contributed by atoms with Crippen LogP contribution in [0.1, 0.15) is 35.2 Å². The Labute approximate surface area is 212 Å². The smallest absolute Gasteiger partial charge is 0.166 e. The molecule has 3 heterocycles. The minimum atomic E-state index is 0.0977. The Bertz CT molecular complexity index is 1350. The van der Waals surface area contributed by atoms with Crippen LogP contribution < -0.4 is 11.1 Å². The Kier molecular flexibility index (Phi) is 7.23. The molecule has 6 heteroatoms. The third kappa shape index (κ3) is 5.55. The maximum Gasteiger partial charge on any atom is 0.166 e. The van der Waals surface area contributed by atoms with Crippen molar-refractivity contribution in [2.45, 2.75) is 25.7 Å². The minimum Gasteiger partial charge on any atom is -0.383 e. The van der Waals surface area contributed by atoms with Gasteiger partial charge in [0.2, 0.25) is 0 Å². The largest absolute Gasteiger partial charge is 0.383 e. The van der Waals surface area contributed by atoms with Gasteiger partial charge in [-0.2, -0.15) is 0 Å². The Balaban J connectivity index is 1.35. The standard InChI is InChI=1S/C30H33N5O/c1-35-15-12-22(13-16-35)19-33-30-27(18-25(20-34-30)23-5-3-2-4-6-23)28(36)10-8-21-7-9-26-24(17-21)11-14-32-29(26)31/h2-7,9,11,14,17-18,20,22H,8,10,12-13,15-16,19H2,1H3,(H2,31,32)(H,33,34). The summed E-state index contributed by atoms with van der Waals surface area (Å²) in [6.07, 6.45) is 6.98. The summed E-state index contributed by atoms with van der Waals surface area (Å²) in [6.45, 7) is 3.07. The molecule has 36 heavy (non-hydrogen) atoms. The van der Waals surface area contributed by atoms with Crippen molar-refractivity contribution in [1.82, 2.24) is 14.9 Å². The van der Waals surface area contributed by atoms with E-state index < -0.39 is 0 Å². The number of hydrogen-bond acceptors (Lipinski definition) is 6. The molecule has 3 N–H and O–H groups in total. The highest BCUT2D eigenvalue weighted by atomic mass is 16.1. The summed E-state index contributed by atoms with van der Waals surface area (Å²) in [7, 11) is 2.17. The van der Waals surface area contributed by atoms with Crippen LogP contribution in [0.2, 0.25) is 0 Å². The number of Topliss-reactive ketones (excluding diaryl/α,β-unsaturated/α-hetero) is 1. The fraction of sp³-hybridized carbons (Fsp3) is 0.300. The van der Waals surface area contributed by atoms with Crippen LogP contribution in [0.4, 0.5) is 11.6 Å². The van der Waals surface area contributed by atoms with E-state index >= 15 is 0 Å². The van der Waals surface area contributed by atoms with Gasteiger partial charge in [-0.1, -0.05) is 48.5 Å². The van der Waals surface area contributed by atoms with Crippen molar-refractivity contribution >= 4 is 28.2 Å². The molecule has 0 spiro atoms. The van der Waals surface area contributed by atoms with Crippen LogP contribution in [-0.2, 0) is 6.42 Å². The number of aromatic nitrogens is 2. The van der Waals surface area contributed by atoms with E-state index in [9.17, 15) is 4.79 Å². The maximum atomic E-state index is 13.5. The second kappa shape index (κ2) is 10.9. The van der Waals surface area contributed by atoms with Crippen molar-refractivity contribution < 1.29 is 4.79 Å². The number of nitrogens with two attached hydrogens (primary N) is 1.